The van der Waals surface area contributed by atoms with Gasteiger partial charge in [-0.25, -0.2) is 4.98 Å². The molecule has 1 aromatic heterocycles. The lowest BCUT2D eigenvalue weighted by Gasteiger charge is -2.09. The number of nitrogens with zero attached hydrogens (tertiary/aromatic N) is 2. The Bertz CT molecular complexity index is 587. The molecule has 2 aromatic rings. The van der Waals surface area contributed by atoms with Crippen LogP contribution < -0.4 is 14.8 Å². The van der Waals surface area contributed by atoms with Gasteiger partial charge in [0.15, 0.2) is 0 Å². The van der Waals surface area contributed by atoms with Gasteiger partial charge in [-0.1, -0.05) is 19.1 Å². The average molecular weight is 287 g/mol. The topological polar surface area (TPSA) is 56.3 Å². The SMILES string of the molecule is CCCNc1nc(C)cc(OCc2cccc(OC)c2)n1. The molecule has 21 heavy (non-hydrogen) atoms. The van der Waals surface area contributed by atoms with E-state index in [4.69, 9.17) is 9.47 Å². The fraction of sp³-hybridized carbons (Fsp3) is 0.375. The van der Waals surface area contributed by atoms with E-state index in [-0.39, 0.29) is 0 Å². The summed E-state index contributed by atoms with van der Waals surface area (Å²) < 4.78 is 10.9. The molecule has 0 bridgehead atoms. The molecule has 1 N–H and O–H groups in total. The van der Waals surface area contributed by atoms with Crippen molar-refractivity contribution in [2.45, 2.75) is 26.9 Å². The number of anilines is 1. The summed E-state index contributed by atoms with van der Waals surface area (Å²) in [7, 11) is 1.65. The van der Waals surface area contributed by atoms with Crippen molar-refractivity contribution in [3.8, 4) is 11.6 Å². The van der Waals surface area contributed by atoms with Crippen molar-refractivity contribution in [3.63, 3.8) is 0 Å². The van der Waals surface area contributed by atoms with E-state index in [9.17, 15) is 0 Å². The Morgan fingerprint density at radius 2 is 2.05 bits per heavy atom. The number of hydrogen-bond donors (Lipinski definition) is 1. The van der Waals surface area contributed by atoms with E-state index in [2.05, 4.69) is 22.2 Å². The summed E-state index contributed by atoms with van der Waals surface area (Å²) in [4.78, 5) is 8.68. The van der Waals surface area contributed by atoms with Crippen molar-refractivity contribution < 1.29 is 9.47 Å². The molecule has 0 aliphatic heterocycles. The highest BCUT2D eigenvalue weighted by molar-refractivity contribution is 5.31. The molecule has 0 unspecified atom stereocenters. The predicted octanol–water partition coefficient (Wildman–Crippen LogP) is 3.19. The molecule has 0 aliphatic carbocycles. The zero-order valence-corrected chi connectivity index (χ0v) is 12.7. The maximum atomic E-state index is 5.75. The van der Waals surface area contributed by atoms with Gasteiger partial charge in [0.2, 0.25) is 11.8 Å². The first kappa shape index (κ1) is 15.1. The zero-order chi connectivity index (χ0) is 15.1. The van der Waals surface area contributed by atoms with Gasteiger partial charge < -0.3 is 14.8 Å². The average Bonchev–Trinajstić information content (AvgIpc) is 2.50. The van der Waals surface area contributed by atoms with E-state index in [1.807, 2.05) is 37.3 Å². The Balaban J connectivity index is 2.03. The van der Waals surface area contributed by atoms with Crippen molar-refractivity contribution in [3.05, 3.63) is 41.6 Å². The monoisotopic (exact) mass is 287 g/mol. The summed E-state index contributed by atoms with van der Waals surface area (Å²) in [5.41, 5.74) is 1.91. The molecule has 0 saturated heterocycles. The van der Waals surface area contributed by atoms with E-state index in [1.54, 1.807) is 7.11 Å². The molecule has 5 nitrogen and oxygen atoms in total. The van der Waals surface area contributed by atoms with Gasteiger partial charge >= 0.3 is 0 Å². The van der Waals surface area contributed by atoms with Gasteiger partial charge in [-0.05, 0) is 31.0 Å². The number of methoxy groups -OCH3 is 1. The highest BCUT2D eigenvalue weighted by Crippen LogP contribution is 2.16. The largest absolute Gasteiger partial charge is 0.497 e. The first-order chi connectivity index (χ1) is 10.2. The van der Waals surface area contributed by atoms with Crippen LogP contribution in [0.15, 0.2) is 30.3 Å². The molecule has 2 rings (SSSR count). The second-order valence-electron chi connectivity index (χ2n) is 4.74. The van der Waals surface area contributed by atoms with E-state index >= 15 is 0 Å². The van der Waals surface area contributed by atoms with Gasteiger partial charge in [-0.3, -0.25) is 0 Å². The predicted molar refractivity (Wildman–Crippen MR) is 82.9 cm³/mol. The van der Waals surface area contributed by atoms with Crippen LogP contribution in [0.5, 0.6) is 11.6 Å². The zero-order valence-electron chi connectivity index (χ0n) is 12.7. The van der Waals surface area contributed by atoms with Crippen LogP contribution in [0.3, 0.4) is 0 Å². The molecular weight excluding hydrogens is 266 g/mol. The Morgan fingerprint density at radius 1 is 1.19 bits per heavy atom. The van der Waals surface area contributed by atoms with Gasteiger partial charge in [0, 0.05) is 18.3 Å². The summed E-state index contributed by atoms with van der Waals surface area (Å²) in [5, 5.41) is 3.17. The summed E-state index contributed by atoms with van der Waals surface area (Å²) in [6.07, 6.45) is 1.03. The molecule has 0 amide bonds. The molecule has 0 spiro atoms. The van der Waals surface area contributed by atoms with Crippen LogP contribution in [0.1, 0.15) is 24.6 Å². The molecule has 0 atom stereocenters. The van der Waals surface area contributed by atoms with Crippen LogP contribution in [0.4, 0.5) is 5.95 Å². The number of benzene rings is 1. The fourth-order valence-corrected chi connectivity index (χ4v) is 1.85. The van der Waals surface area contributed by atoms with Crippen molar-refractivity contribution in [2.24, 2.45) is 0 Å². The minimum Gasteiger partial charge on any atom is -0.497 e. The third-order valence-corrected chi connectivity index (χ3v) is 2.88. The maximum absolute atomic E-state index is 5.75. The van der Waals surface area contributed by atoms with Crippen LogP contribution >= 0.6 is 0 Å². The lowest BCUT2D eigenvalue weighted by atomic mass is 10.2. The molecule has 0 aliphatic rings. The number of ether oxygens (including phenoxy) is 2. The Hall–Kier alpha value is -2.30. The molecule has 5 heteroatoms. The second kappa shape index (κ2) is 7.47. The molecular formula is C16H21N3O2. The normalized spacial score (nSPS) is 10.2. The Labute approximate surface area is 125 Å². The minimum atomic E-state index is 0.445. The Kier molecular flexibility index (Phi) is 5.37. The molecule has 1 heterocycles. The third kappa shape index (κ3) is 4.63. The fourth-order valence-electron chi connectivity index (χ4n) is 1.85. The van der Waals surface area contributed by atoms with Crippen molar-refractivity contribution >= 4 is 5.95 Å². The van der Waals surface area contributed by atoms with Crippen LogP contribution in [-0.4, -0.2) is 23.6 Å². The minimum absolute atomic E-state index is 0.445. The summed E-state index contributed by atoms with van der Waals surface area (Å²) in [5.74, 6) is 2.00. The van der Waals surface area contributed by atoms with E-state index in [0.29, 0.717) is 18.4 Å². The van der Waals surface area contributed by atoms with Crippen molar-refractivity contribution in [2.75, 3.05) is 19.0 Å². The lowest BCUT2D eigenvalue weighted by Crippen LogP contribution is -2.07. The highest BCUT2D eigenvalue weighted by atomic mass is 16.5. The van der Waals surface area contributed by atoms with Crippen molar-refractivity contribution in [1.82, 2.24) is 9.97 Å². The first-order valence-electron chi connectivity index (χ1n) is 7.06. The molecule has 0 fully saturated rings. The van der Waals surface area contributed by atoms with Gasteiger partial charge in [-0.15, -0.1) is 0 Å². The molecule has 112 valence electrons. The Morgan fingerprint density at radius 3 is 2.81 bits per heavy atom. The number of rotatable bonds is 7. The summed E-state index contributed by atoms with van der Waals surface area (Å²) in [6.45, 7) is 5.32. The van der Waals surface area contributed by atoms with Crippen LogP contribution in [-0.2, 0) is 6.61 Å². The van der Waals surface area contributed by atoms with Crippen LogP contribution in [0.2, 0.25) is 0 Å². The van der Waals surface area contributed by atoms with E-state index in [1.165, 1.54) is 0 Å². The lowest BCUT2D eigenvalue weighted by molar-refractivity contribution is 0.292. The second-order valence-corrected chi connectivity index (χ2v) is 4.74. The van der Waals surface area contributed by atoms with Gasteiger partial charge in [0.05, 0.1) is 7.11 Å². The van der Waals surface area contributed by atoms with Gasteiger partial charge in [-0.2, -0.15) is 4.98 Å². The van der Waals surface area contributed by atoms with Crippen LogP contribution in [0, 0.1) is 6.92 Å². The molecule has 1 aromatic carbocycles. The number of aryl methyl sites for hydroxylation is 1. The summed E-state index contributed by atoms with van der Waals surface area (Å²) in [6, 6.07) is 9.62. The highest BCUT2D eigenvalue weighted by Gasteiger charge is 2.04. The van der Waals surface area contributed by atoms with Gasteiger partial charge in [0.25, 0.3) is 0 Å². The quantitative estimate of drug-likeness (QED) is 0.847. The number of aromatic nitrogens is 2. The van der Waals surface area contributed by atoms with Gasteiger partial charge in [0.1, 0.15) is 12.4 Å². The van der Waals surface area contributed by atoms with E-state index < -0.39 is 0 Å². The van der Waals surface area contributed by atoms with E-state index in [0.717, 1.165) is 30.0 Å². The van der Waals surface area contributed by atoms with Crippen LogP contribution in [0.25, 0.3) is 0 Å². The first-order valence-corrected chi connectivity index (χ1v) is 7.06. The van der Waals surface area contributed by atoms with Crippen molar-refractivity contribution in [1.29, 1.82) is 0 Å². The smallest absolute Gasteiger partial charge is 0.226 e. The maximum Gasteiger partial charge on any atom is 0.226 e. The molecule has 0 radical (unpaired) electrons. The summed E-state index contributed by atoms with van der Waals surface area (Å²) >= 11 is 0. The number of nitrogens with one attached hydrogen (secondary N) is 1. The number of hydrogen-bond acceptors (Lipinski definition) is 5. The standard InChI is InChI=1S/C16H21N3O2/c1-4-8-17-16-18-12(2)9-15(19-16)21-11-13-6-5-7-14(10-13)20-3/h5-7,9-10H,4,8,11H2,1-3H3,(H,17,18,19). The third-order valence-electron chi connectivity index (χ3n) is 2.88. The molecule has 0 saturated carbocycles.